The summed E-state index contributed by atoms with van der Waals surface area (Å²) in [5, 5.41) is 4.06. The summed E-state index contributed by atoms with van der Waals surface area (Å²) in [6, 6.07) is 0.591. The highest BCUT2D eigenvalue weighted by Gasteiger charge is 2.04. The van der Waals surface area contributed by atoms with Crippen LogP contribution in [0.5, 0.6) is 0 Å². The van der Waals surface area contributed by atoms with E-state index in [1.165, 1.54) is 6.42 Å². The molecule has 0 radical (unpaired) electrons. The molecule has 0 saturated heterocycles. The number of thioether (sulfide) groups is 1. The van der Waals surface area contributed by atoms with Gasteiger partial charge in [-0.05, 0) is 32.7 Å². The Morgan fingerprint density at radius 2 is 2.09 bits per heavy atom. The van der Waals surface area contributed by atoms with Crippen molar-refractivity contribution in [2.75, 3.05) is 6.26 Å². The normalized spacial score (nSPS) is 16.7. The molecule has 0 bridgehead atoms. The standard InChI is InChI=1S/C9H19NS/c1-5-6-10-8(2)7-9(3)11-4/h5-6,8-10H,7H2,1-4H3/b6-5+. The number of nitrogens with one attached hydrogen (secondary N) is 1. The summed E-state index contributed by atoms with van der Waals surface area (Å²) in [6.45, 7) is 6.50. The highest BCUT2D eigenvalue weighted by molar-refractivity contribution is 7.99. The van der Waals surface area contributed by atoms with Crippen LogP contribution in [0.25, 0.3) is 0 Å². The van der Waals surface area contributed by atoms with Crippen LogP contribution in [0.15, 0.2) is 12.3 Å². The van der Waals surface area contributed by atoms with Gasteiger partial charge in [0.25, 0.3) is 0 Å². The summed E-state index contributed by atoms with van der Waals surface area (Å²) in [4.78, 5) is 0. The van der Waals surface area contributed by atoms with E-state index in [1.807, 2.05) is 31.0 Å². The Labute approximate surface area is 74.6 Å². The average Bonchev–Trinajstić information content (AvgIpc) is 2.00. The van der Waals surface area contributed by atoms with Gasteiger partial charge in [0.1, 0.15) is 0 Å². The van der Waals surface area contributed by atoms with Gasteiger partial charge in [0.15, 0.2) is 0 Å². The Balaban J connectivity index is 3.42. The van der Waals surface area contributed by atoms with E-state index in [1.54, 1.807) is 0 Å². The summed E-state index contributed by atoms with van der Waals surface area (Å²) in [6.07, 6.45) is 7.43. The maximum absolute atomic E-state index is 3.30. The average molecular weight is 173 g/mol. The zero-order valence-electron chi connectivity index (χ0n) is 7.92. The SMILES string of the molecule is C/C=C/NC(C)CC(C)SC. The zero-order chi connectivity index (χ0) is 8.69. The maximum atomic E-state index is 3.30. The van der Waals surface area contributed by atoms with E-state index in [0.717, 1.165) is 5.25 Å². The lowest BCUT2D eigenvalue weighted by molar-refractivity contribution is 0.585. The highest BCUT2D eigenvalue weighted by atomic mass is 32.2. The molecule has 1 nitrogen and oxygen atoms in total. The first-order valence-electron chi connectivity index (χ1n) is 4.10. The summed E-state index contributed by atoms with van der Waals surface area (Å²) < 4.78 is 0. The fraction of sp³-hybridized carbons (Fsp3) is 0.778. The molecule has 66 valence electrons. The van der Waals surface area contributed by atoms with Gasteiger partial charge >= 0.3 is 0 Å². The molecule has 0 aromatic rings. The van der Waals surface area contributed by atoms with E-state index < -0.39 is 0 Å². The van der Waals surface area contributed by atoms with Gasteiger partial charge < -0.3 is 5.32 Å². The minimum Gasteiger partial charge on any atom is -0.389 e. The van der Waals surface area contributed by atoms with Crippen molar-refractivity contribution in [3.63, 3.8) is 0 Å². The fourth-order valence-corrected chi connectivity index (χ4v) is 1.40. The van der Waals surface area contributed by atoms with Crippen LogP contribution in [-0.2, 0) is 0 Å². The summed E-state index contributed by atoms with van der Waals surface area (Å²) >= 11 is 1.92. The third-order valence-electron chi connectivity index (χ3n) is 1.64. The van der Waals surface area contributed by atoms with E-state index in [-0.39, 0.29) is 0 Å². The van der Waals surface area contributed by atoms with Crippen molar-refractivity contribution in [2.45, 2.75) is 38.5 Å². The molecular weight excluding hydrogens is 154 g/mol. The number of rotatable bonds is 5. The molecule has 0 aliphatic heterocycles. The monoisotopic (exact) mass is 173 g/mol. The number of hydrogen-bond acceptors (Lipinski definition) is 2. The molecule has 2 heteroatoms. The van der Waals surface area contributed by atoms with Crippen LogP contribution >= 0.6 is 11.8 Å². The Kier molecular flexibility index (Phi) is 6.52. The van der Waals surface area contributed by atoms with Crippen molar-refractivity contribution in [3.8, 4) is 0 Å². The van der Waals surface area contributed by atoms with E-state index >= 15 is 0 Å². The molecule has 0 amide bonds. The topological polar surface area (TPSA) is 12.0 Å². The molecule has 0 saturated carbocycles. The summed E-state index contributed by atoms with van der Waals surface area (Å²) in [5.41, 5.74) is 0. The molecule has 1 N–H and O–H groups in total. The first kappa shape index (κ1) is 10.9. The lowest BCUT2D eigenvalue weighted by Gasteiger charge is -2.15. The van der Waals surface area contributed by atoms with E-state index in [4.69, 9.17) is 0 Å². The first-order chi connectivity index (χ1) is 5.20. The van der Waals surface area contributed by atoms with E-state index in [0.29, 0.717) is 6.04 Å². The van der Waals surface area contributed by atoms with Crippen molar-refractivity contribution in [1.29, 1.82) is 0 Å². The molecule has 0 aliphatic carbocycles. The molecule has 2 atom stereocenters. The van der Waals surface area contributed by atoms with Gasteiger partial charge in [-0.2, -0.15) is 11.8 Å². The van der Waals surface area contributed by atoms with Gasteiger partial charge in [-0.25, -0.2) is 0 Å². The maximum Gasteiger partial charge on any atom is 0.0237 e. The summed E-state index contributed by atoms with van der Waals surface area (Å²) in [5.74, 6) is 0. The van der Waals surface area contributed by atoms with Crippen molar-refractivity contribution in [2.24, 2.45) is 0 Å². The molecule has 0 rings (SSSR count). The van der Waals surface area contributed by atoms with Crippen LogP contribution in [-0.4, -0.2) is 17.5 Å². The van der Waals surface area contributed by atoms with Crippen molar-refractivity contribution < 1.29 is 0 Å². The molecule has 0 fully saturated rings. The van der Waals surface area contributed by atoms with Crippen LogP contribution < -0.4 is 5.32 Å². The number of hydrogen-bond donors (Lipinski definition) is 1. The second-order valence-corrected chi connectivity index (χ2v) is 4.13. The third-order valence-corrected chi connectivity index (χ3v) is 2.63. The molecule has 11 heavy (non-hydrogen) atoms. The summed E-state index contributed by atoms with van der Waals surface area (Å²) in [7, 11) is 0. The van der Waals surface area contributed by atoms with Gasteiger partial charge in [0, 0.05) is 11.3 Å². The van der Waals surface area contributed by atoms with E-state index in [9.17, 15) is 0 Å². The first-order valence-corrected chi connectivity index (χ1v) is 5.39. The van der Waals surface area contributed by atoms with Crippen molar-refractivity contribution >= 4 is 11.8 Å². The van der Waals surface area contributed by atoms with Crippen LogP contribution in [0.2, 0.25) is 0 Å². The van der Waals surface area contributed by atoms with Gasteiger partial charge in [0.2, 0.25) is 0 Å². The van der Waals surface area contributed by atoms with Crippen LogP contribution in [0.1, 0.15) is 27.2 Å². The molecule has 2 unspecified atom stereocenters. The molecule has 0 aliphatic rings. The van der Waals surface area contributed by atoms with Crippen molar-refractivity contribution in [3.05, 3.63) is 12.3 Å². The van der Waals surface area contributed by atoms with Gasteiger partial charge in [-0.15, -0.1) is 0 Å². The van der Waals surface area contributed by atoms with E-state index in [2.05, 4.69) is 25.4 Å². The van der Waals surface area contributed by atoms with Gasteiger partial charge in [-0.3, -0.25) is 0 Å². The third kappa shape index (κ3) is 6.29. The smallest absolute Gasteiger partial charge is 0.0237 e. The lowest BCUT2D eigenvalue weighted by atomic mass is 10.2. The van der Waals surface area contributed by atoms with Gasteiger partial charge in [0.05, 0.1) is 0 Å². The Hall–Kier alpha value is -0.110. The zero-order valence-corrected chi connectivity index (χ0v) is 8.74. The number of allylic oxidation sites excluding steroid dienone is 1. The quantitative estimate of drug-likeness (QED) is 0.686. The van der Waals surface area contributed by atoms with Crippen LogP contribution in [0, 0.1) is 0 Å². The Morgan fingerprint density at radius 1 is 1.45 bits per heavy atom. The second kappa shape index (κ2) is 6.59. The predicted octanol–water partition coefficient (Wildman–Crippen LogP) is 2.64. The lowest BCUT2D eigenvalue weighted by Crippen LogP contribution is -2.23. The van der Waals surface area contributed by atoms with Crippen molar-refractivity contribution in [1.82, 2.24) is 5.32 Å². The molecule has 0 aromatic heterocycles. The molecular formula is C9H19NS. The second-order valence-electron chi connectivity index (χ2n) is 2.85. The Bertz CT molecular complexity index is 112. The molecule has 0 aromatic carbocycles. The highest BCUT2D eigenvalue weighted by Crippen LogP contribution is 2.11. The molecule has 0 heterocycles. The minimum absolute atomic E-state index is 0.591. The van der Waals surface area contributed by atoms with Crippen LogP contribution in [0.4, 0.5) is 0 Å². The largest absolute Gasteiger partial charge is 0.389 e. The predicted molar refractivity (Wildman–Crippen MR) is 55.0 cm³/mol. The minimum atomic E-state index is 0.591. The fourth-order valence-electron chi connectivity index (χ4n) is 0.923. The Morgan fingerprint density at radius 3 is 2.55 bits per heavy atom. The van der Waals surface area contributed by atoms with Gasteiger partial charge in [-0.1, -0.05) is 13.0 Å². The van der Waals surface area contributed by atoms with Crippen LogP contribution in [0.3, 0.4) is 0 Å². The molecule has 0 spiro atoms.